The van der Waals surface area contributed by atoms with Crippen molar-refractivity contribution in [3.05, 3.63) is 42.5 Å². The van der Waals surface area contributed by atoms with Crippen molar-refractivity contribution in [2.75, 3.05) is 33.3 Å². The molecule has 5 heteroatoms. The normalized spacial score (nSPS) is 10.6. The van der Waals surface area contributed by atoms with Gasteiger partial charge in [-0.15, -0.1) is 0 Å². The van der Waals surface area contributed by atoms with E-state index >= 15 is 0 Å². The van der Waals surface area contributed by atoms with Crippen molar-refractivity contribution < 1.29 is 14.2 Å². The molecule has 120 valence electrons. The molecule has 2 aromatic carbocycles. The van der Waals surface area contributed by atoms with Gasteiger partial charge in [0.1, 0.15) is 5.82 Å². The Morgan fingerprint density at radius 3 is 2.26 bits per heavy atom. The average Bonchev–Trinajstić information content (AvgIpc) is 3.03. The molecule has 0 bridgehead atoms. The van der Waals surface area contributed by atoms with E-state index in [-0.39, 0.29) is 0 Å². The Kier molecular flexibility index (Phi) is 4.02. The minimum Gasteiger partial charge on any atom is -0.493 e. The molecular weight excluding hydrogens is 292 g/mol. The maximum Gasteiger partial charge on any atom is 0.205 e. The molecule has 23 heavy (non-hydrogen) atoms. The molecule has 0 saturated carbocycles. The van der Waals surface area contributed by atoms with E-state index in [4.69, 9.17) is 14.2 Å². The van der Waals surface area contributed by atoms with Gasteiger partial charge in [-0.25, -0.2) is 0 Å². The number of hydrogen-bond donors (Lipinski definition) is 1. The molecule has 0 aliphatic carbocycles. The van der Waals surface area contributed by atoms with Gasteiger partial charge in [-0.2, -0.15) is 0 Å². The lowest BCUT2D eigenvalue weighted by atomic mass is 10.2. The number of aromatic amines is 1. The molecule has 5 nitrogen and oxygen atoms in total. The van der Waals surface area contributed by atoms with Gasteiger partial charge in [0, 0.05) is 18.0 Å². The zero-order valence-corrected chi connectivity index (χ0v) is 13.7. The third-order valence-electron chi connectivity index (χ3n) is 3.92. The summed E-state index contributed by atoms with van der Waals surface area (Å²) < 4.78 is 16.4. The van der Waals surface area contributed by atoms with Gasteiger partial charge in [0.15, 0.2) is 11.5 Å². The second-order valence-corrected chi connectivity index (χ2v) is 5.15. The Morgan fingerprint density at radius 2 is 1.61 bits per heavy atom. The molecule has 0 aliphatic rings. The number of fused-ring (bicyclic) bond motifs is 1. The van der Waals surface area contributed by atoms with Crippen LogP contribution in [0.2, 0.25) is 0 Å². The van der Waals surface area contributed by atoms with Crippen LogP contribution in [0.3, 0.4) is 0 Å². The number of benzene rings is 2. The highest BCUT2D eigenvalue weighted by Gasteiger charge is 2.19. The number of aromatic nitrogens is 1. The van der Waals surface area contributed by atoms with Crippen molar-refractivity contribution >= 4 is 22.4 Å². The summed E-state index contributed by atoms with van der Waals surface area (Å²) in [5.41, 5.74) is 1.98. The third kappa shape index (κ3) is 2.54. The van der Waals surface area contributed by atoms with E-state index in [0.717, 1.165) is 22.4 Å². The smallest absolute Gasteiger partial charge is 0.205 e. The van der Waals surface area contributed by atoms with Gasteiger partial charge in [-0.1, -0.05) is 18.2 Å². The molecule has 0 radical (unpaired) electrons. The van der Waals surface area contributed by atoms with Crippen LogP contribution in [-0.4, -0.2) is 33.4 Å². The van der Waals surface area contributed by atoms with Crippen molar-refractivity contribution in [3.8, 4) is 17.2 Å². The van der Waals surface area contributed by atoms with Gasteiger partial charge < -0.3 is 24.1 Å². The molecule has 1 heterocycles. The molecule has 3 rings (SSSR count). The minimum absolute atomic E-state index is 0.579. The highest BCUT2D eigenvalue weighted by Crippen LogP contribution is 2.45. The number of hydrogen-bond acceptors (Lipinski definition) is 4. The first-order valence-electron chi connectivity index (χ1n) is 7.30. The van der Waals surface area contributed by atoms with Crippen LogP contribution >= 0.6 is 0 Å². The maximum absolute atomic E-state index is 5.57. The fourth-order valence-electron chi connectivity index (χ4n) is 2.72. The fourth-order valence-corrected chi connectivity index (χ4v) is 2.72. The van der Waals surface area contributed by atoms with Gasteiger partial charge in [-0.3, -0.25) is 0 Å². The monoisotopic (exact) mass is 312 g/mol. The molecule has 0 aliphatic heterocycles. The van der Waals surface area contributed by atoms with E-state index < -0.39 is 0 Å². The number of nitrogens with one attached hydrogen (secondary N) is 1. The van der Waals surface area contributed by atoms with Crippen molar-refractivity contribution in [1.82, 2.24) is 4.98 Å². The summed E-state index contributed by atoms with van der Waals surface area (Å²) in [4.78, 5) is 5.44. The van der Waals surface area contributed by atoms with Crippen LogP contribution in [0.15, 0.2) is 42.5 Å². The lowest BCUT2D eigenvalue weighted by molar-refractivity contribution is 0.325. The first-order chi connectivity index (χ1) is 11.2. The molecule has 1 N–H and O–H groups in total. The quantitative estimate of drug-likeness (QED) is 0.774. The van der Waals surface area contributed by atoms with Gasteiger partial charge in [-0.05, 0) is 24.3 Å². The number of para-hydroxylation sites is 1. The molecule has 0 atom stereocenters. The largest absolute Gasteiger partial charge is 0.493 e. The number of ether oxygens (including phenoxy) is 3. The standard InChI is InChI=1S/C18H20N2O3/c1-20(16-11-12-7-5-6-8-13(12)19-16)14-9-10-15(21-2)18(23-4)17(14)22-3/h5-11,19H,1-4H3. The van der Waals surface area contributed by atoms with Gasteiger partial charge in [0.2, 0.25) is 5.75 Å². The van der Waals surface area contributed by atoms with Crippen molar-refractivity contribution in [1.29, 1.82) is 0 Å². The molecule has 3 aromatic rings. The van der Waals surface area contributed by atoms with Crippen LogP contribution < -0.4 is 19.1 Å². The van der Waals surface area contributed by atoms with E-state index in [9.17, 15) is 0 Å². The summed E-state index contributed by atoms with van der Waals surface area (Å²) in [6.45, 7) is 0. The van der Waals surface area contributed by atoms with Crippen LogP contribution in [0.5, 0.6) is 17.2 Å². The second-order valence-electron chi connectivity index (χ2n) is 5.15. The molecule has 0 saturated heterocycles. The SMILES string of the molecule is COc1ccc(N(C)c2cc3ccccc3[nH]2)c(OC)c1OC. The molecular formula is C18H20N2O3. The van der Waals surface area contributed by atoms with Crippen LogP contribution in [-0.2, 0) is 0 Å². The first-order valence-corrected chi connectivity index (χ1v) is 7.30. The molecule has 0 unspecified atom stereocenters. The topological polar surface area (TPSA) is 46.7 Å². The van der Waals surface area contributed by atoms with Crippen molar-refractivity contribution in [2.24, 2.45) is 0 Å². The van der Waals surface area contributed by atoms with Crippen molar-refractivity contribution in [3.63, 3.8) is 0 Å². The van der Waals surface area contributed by atoms with Gasteiger partial charge in [0.25, 0.3) is 0 Å². The van der Waals surface area contributed by atoms with E-state index in [1.165, 1.54) is 0 Å². The Morgan fingerprint density at radius 1 is 0.870 bits per heavy atom. The van der Waals surface area contributed by atoms with Crippen LogP contribution in [0.4, 0.5) is 11.5 Å². The number of H-pyrrole nitrogens is 1. The second kappa shape index (κ2) is 6.12. The lowest BCUT2D eigenvalue weighted by Gasteiger charge is -2.22. The molecule has 0 amide bonds. The number of rotatable bonds is 5. The van der Waals surface area contributed by atoms with Crippen LogP contribution in [0.1, 0.15) is 0 Å². The summed E-state index contributed by atoms with van der Waals surface area (Å²) in [6, 6.07) is 14.1. The maximum atomic E-state index is 5.57. The first kappa shape index (κ1) is 15.1. The van der Waals surface area contributed by atoms with Gasteiger partial charge >= 0.3 is 0 Å². The molecule has 1 aromatic heterocycles. The molecule has 0 fully saturated rings. The van der Waals surface area contributed by atoms with Crippen LogP contribution in [0, 0.1) is 0 Å². The van der Waals surface area contributed by atoms with Crippen molar-refractivity contribution in [2.45, 2.75) is 0 Å². The number of nitrogens with zero attached hydrogens (tertiary/aromatic N) is 1. The Labute approximate surface area is 135 Å². The Balaban J connectivity index is 2.09. The summed E-state index contributed by atoms with van der Waals surface area (Å²) in [5, 5.41) is 1.16. The summed E-state index contributed by atoms with van der Waals surface area (Å²) in [6.07, 6.45) is 0. The highest BCUT2D eigenvalue weighted by atomic mass is 16.5. The summed E-state index contributed by atoms with van der Waals surface area (Å²) in [7, 11) is 6.82. The average molecular weight is 312 g/mol. The Hall–Kier alpha value is -2.82. The third-order valence-corrected chi connectivity index (χ3v) is 3.92. The van der Waals surface area contributed by atoms with E-state index in [0.29, 0.717) is 17.2 Å². The zero-order valence-electron chi connectivity index (χ0n) is 13.7. The summed E-state index contributed by atoms with van der Waals surface area (Å²) >= 11 is 0. The molecule has 0 spiro atoms. The predicted molar refractivity (Wildman–Crippen MR) is 92.5 cm³/mol. The fraction of sp³-hybridized carbons (Fsp3) is 0.222. The predicted octanol–water partition coefficient (Wildman–Crippen LogP) is 3.96. The zero-order chi connectivity index (χ0) is 16.4. The summed E-state index contributed by atoms with van der Waals surface area (Å²) in [5.74, 6) is 2.82. The highest BCUT2D eigenvalue weighted by molar-refractivity contribution is 5.86. The Bertz CT molecular complexity index is 793. The van der Waals surface area contributed by atoms with E-state index in [2.05, 4.69) is 23.2 Å². The lowest BCUT2D eigenvalue weighted by Crippen LogP contribution is -2.11. The number of anilines is 2. The minimum atomic E-state index is 0.579. The number of methoxy groups -OCH3 is 3. The van der Waals surface area contributed by atoms with E-state index in [1.807, 2.05) is 36.2 Å². The van der Waals surface area contributed by atoms with Gasteiger partial charge in [0.05, 0.1) is 27.0 Å². The van der Waals surface area contributed by atoms with Crippen LogP contribution in [0.25, 0.3) is 10.9 Å². The van der Waals surface area contributed by atoms with E-state index in [1.54, 1.807) is 21.3 Å².